The van der Waals surface area contributed by atoms with Crippen LogP contribution in [-0.4, -0.2) is 48.1 Å². The average Bonchev–Trinajstić information content (AvgIpc) is 3.16. The van der Waals surface area contributed by atoms with Crippen LogP contribution in [0.25, 0.3) is 6.08 Å². The number of imide groups is 1. The normalized spacial score (nSPS) is 13.9. The van der Waals surface area contributed by atoms with E-state index in [9.17, 15) is 19.2 Å². The third-order valence-electron chi connectivity index (χ3n) is 5.46. The van der Waals surface area contributed by atoms with E-state index in [2.05, 4.69) is 10.6 Å². The number of rotatable bonds is 9. The van der Waals surface area contributed by atoms with Gasteiger partial charge in [-0.25, -0.2) is 0 Å². The van der Waals surface area contributed by atoms with Crippen LogP contribution in [-0.2, 0) is 14.4 Å². The summed E-state index contributed by atoms with van der Waals surface area (Å²) in [7, 11) is 1.45. The third-order valence-corrected chi connectivity index (χ3v) is 6.61. The number of nitrogens with one attached hydrogen (secondary N) is 2. The molecule has 3 aromatic carbocycles. The Bertz CT molecular complexity index is 1460. The number of carbonyl (C=O) groups is 4. The molecular weight excluding hydrogens is 542 g/mol. The molecule has 0 saturated carbocycles. The minimum atomic E-state index is -0.585. The van der Waals surface area contributed by atoms with E-state index in [1.807, 2.05) is 19.1 Å². The van der Waals surface area contributed by atoms with Gasteiger partial charge in [-0.15, -0.1) is 0 Å². The average molecular weight is 566 g/mol. The SMILES string of the molecule is COc1cc(/C=C2/SC(=O)N(CC(=O)Nc3cccc(Cl)c3)C2=O)ccc1OCC(=O)Nc1ccc(C)cc1. The Morgan fingerprint density at radius 2 is 1.69 bits per heavy atom. The molecule has 1 fully saturated rings. The van der Waals surface area contributed by atoms with E-state index in [0.29, 0.717) is 33.5 Å². The highest BCUT2D eigenvalue weighted by Crippen LogP contribution is 2.34. The summed E-state index contributed by atoms with van der Waals surface area (Å²) >= 11 is 6.66. The van der Waals surface area contributed by atoms with Crippen molar-refractivity contribution in [1.29, 1.82) is 0 Å². The molecule has 0 spiro atoms. The highest BCUT2D eigenvalue weighted by molar-refractivity contribution is 8.18. The Morgan fingerprint density at radius 1 is 0.949 bits per heavy atom. The maximum absolute atomic E-state index is 12.8. The summed E-state index contributed by atoms with van der Waals surface area (Å²) in [6.07, 6.45) is 1.52. The highest BCUT2D eigenvalue weighted by Gasteiger charge is 2.36. The smallest absolute Gasteiger partial charge is 0.294 e. The first kappa shape index (κ1) is 27.7. The molecule has 0 atom stereocenters. The van der Waals surface area contributed by atoms with Gasteiger partial charge in [-0.05, 0) is 72.8 Å². The molecule has 1 aliphatic heterocycles. The number of carbonyl (C=O) groups excluding carboxylic acids is 4. The van der Waals surface area contributed by atoms with E-state index in [-0.39, 0.29) is 17.4 Å². The maximum Gasteiger partial charge on any atom is 0.294 e. The molecule has 4 rings (SSSR count). The Labute approximate surface area is 234 Å². The zero-order valence-corrected chi connectivity index (χ0v) is 22.6. The van der Waals surface area contributed by atoms with E-state index in [1.165, 1.54) is 13.2 Å². The first-order valence-corrected chi connectivity index (χ1v) is 12.9. The summed E-state index contributed by atoms with van der Waals surface area (Å²) in [4.78, 5) is 51.0. The fraction of sp³-hybridized carbons (Fsp3) is 0.143. The van der Waals surface area contributed by atoms with Gasteiger partial charge >= 0.3 is 0 Å². The van der Waals surface area contributed by atoms with Gasteiger partial charge in [0, 0.05) is 16.4 Å². The molecule has 11 heteroatoms. The van der Waals surface area contributed by atoms with Crippen molar-refractivity contribution in [2.45, 2.75) is 6.92 Å². The highest BCUT2D eigenvalue weighted by atomic mass is 35.5. The second-order valence-corrected chi connectivity index (χ2v) is 9.87. The van der Waals surface area contributed by atoms with Gasteiger partial charge in [0.1, 0.15) is 6.54 Å². The Balaban J connectivity index is 1.37. The molecule has 2 N–H and O–H groups in total. The molecule has 39 heavy (non-hydrogen) atoms. The van der Waals surface area contributed by atoms with Crippen LogP contribution in [0.3, 0.4) is 0 Å². The van der Waals surface area contributed by atoms with Crippen LogP contribution in [0.4, 0.5) is 16.2 Å². The van der Waals surface area contributed by atoms with Crippen molar-refractivity contribution in [3.63, 3.8) is 0 Å². The number of nitrogens with zero attached hydrogens (tertiary/aromatic N) is 1. The molecule has 0 bridgehead atoms. The topological polar surface area (TPSA) is 114 Å². The summed E-state index contributed by atoms with van der Waals surface area (Å²) in [5.41, 5.74) is 2.76. The van der Waals surface area contributed by atoms with E-state index in [0.717, 1.165) is 22.2 Å². The van der Waals surface area contributed by atoms with Gasteiger partial charge < -0.3 is 20.1 Å². The van der Waals surface area contributed by atoms with Crippen LogP contribution in [0.5, 0.6) is 11.5 Å². The molecule has 200 valence electrons. The number of amides is 4. The number of aryl methyl sites for hydroxylation is 1. The monoisotopic (exact) mass is 565 g/mol. The number of hydrogen-bond donors (Lipinski definition) is 2. The van der Waals surface area contributed by atoms with Gasteiger partial charge in [-0.2, -0.15) is 0 Å². The number of halogens is 1. The zero-order valence-electron chi connectivity index (χ0n) is 21.0. The standard InChI is InChI=1S/C28H24ClN3O6S/c1-17-6-9-20(10-7-17)30-26(34)16-38-22-11-8-18(12-23(22)37-2)13-24-27(35)32(28(36)39-24)15-25(33)31-21-5-3-4-19(29)14-21/h3-14H,15-16H2,1-2H3,(H,30,34)(H,31,33)/b24-13+. The van der Waals surface area contributed by atoms with Crippen molar-refractivity contribution < 1.29 is 28.7 Å². The maximum atomic E-state index is 12.8. The predicted molar refractivity (Wildman–Crippen MR) is 151 cm³/mol. The number of ether oxygens (including phenoxy) is 2. The first-order valence-electron chi connectivity index (χ1n) is 11.7. The Kier molecular flexibility index (Phi) is 8.90. The van der Waals surface area contributed by atoms with Gasteiger partial charge in [0.15, 0.2) is 18.1 Å². The summed E-state index contributed by atoms with van der Waals surface area (Å²) < 4.78 is 11.0. The molecule has 3 aromatic rings. The summed E-state index contributed by atoms with van der Waals surface area (Å²) in [5.74, 6) is -0.779. The van der Waals surface area contributed by atoms with E-state index in [1.54, 1.807) is 54.6 Å². The molecule has 9 nitrogen and oxygen atoms in total. The quantitative estimate of drug-likeness (QED) is 0.336. The van der Waals surface area contributed by atoms with Crippen molar-refractivity contribution in [3.05, 3.63) is 87.8 Å². The minimum Gasteiger partial charge on any atom is -0.493 e. The number of methoxy groups -OCH3 is 1. The largest absolute Gasteiger partial charge is 0.493 e. The van der Waals surface area contributed by atoms with E-state index in [4.69, 9.17) is 21.1 Å². The van der Waals surface area contributed by atoms with Gasteiger partial charge in [0.05, 0.1) is 12.0 Å². The molecule has 0 aliphatic carbocycles. The van der Waals surface area contributed by atoms with Crippen LogP contribution in [0.1, 0.15) is 11.1 Å². The van der Waals surface area contributed by atoms with Gasteiger partial charge in [-0.3, -0.25) is 24.1 Å². The molecular formula is C28H24ClN3O6S. The van der Waals surface area contributed by atoms with Gasteiger partial charge in [0.25, 0.3) is 17.1 Å². The number of benzene rings is 3. The molecule has 1 saturated heterocycles. The fourth-order valence-corrected chi connectivity index (χ4v) is 4.60. The van der Waals surface area contributed by atoms with Crippen molar-refractivity contribution in [2.24, 2.45) is 0 Å². The number of thioether (sulfide) groups is 1. The van der Waals surface area contributed by atoms with Gasteiger partial charge in [-0.1, -0.05) is 41.4 Å². The lowest BCUT2D eigenvalue weighted by molar-refractivity contribution is -0.127. The van der Waals surface area contributed by atoms with E-state index >= 15 is 0 Å². The lowest BCUT2D eigenvalue weighted by atomic mass is 10.2. The zero-order chi connectivity index (χ0) is 27.9. The van der Waals surface area contributed by atoms with Crippen molar-refractivity contribution in [2.75, 3.05) is 30.9 Å². The second-order valence-electron chi connectivity index (χ2n) is 8.44. The number of hydrogen-bond acceptors (Lipinski definition) is 7. The van der Waals surface area contributed by atoms with Crippen LogP contribution in [0.15, 0.2) is 71.6 Å². The lowest BCUT2D eigenvalue weighted by Crippen LogP contribution is -2.36. The Hall–Kier alpha value is -4.28. The second kappa shape index (κ2) is 12.5. The van der Waals surface area contributed by atoms with Gasteiger partial charge in [0.2, 0.25) is 5.91 Å². The molecule has 0 unspecified atom stereocenters. The van der Waals surface area contributed by atoms with Crippen LogP contribution >= 0.6 is 23.4 Å². The summed E-state index contributed by atoms with van der Waals surface area (Å²) in [6, 6.07) is 18.8. The van der Waals surface area contributed by atoms with E-state index < -0.39 is 23.6 Å². The fourth-order valence-electron chi connectivity index (χ4n) is 3.57. The molecule has 4 amide bonds. The molecule has 1 aliphatic rings. The van der Waals surface area contributed by atoms with Crippen molar-refractivity contribution in [3.8, 4) is 11.5 Å². The Morgan fingerprint density at radius 3 is 2.41 bits per heavy atom. The minimum absolute atomic E-state index is 0.156. The van der Waals surface area contributed by atoms with Crippen LogP contribution < -0.4 is 20.1 Å². The summed E-state index contributed by atoms with van der Waals surface area (Å²) in [5, 5.41) is 5.26. The van der Waals surface area contributed by atoms with Crippen LogP contribution in [0.2, 0.25) is 5.02 Å². The van der Waals surface area contributed by atoms with Crippen molar-refractivity contribution >= 4 is 63.8 Å². The predicted octanol–water partition coefficient (Wildman–Crippen LogP) is 5.35. The van der Waals surface area contributed by atoms with Crippen molar-refractivity contribution in [1.82, 2.24) is 4.90 Å². The number of anilines is 2. The lowest BCUT2D eigenvalue weighted by Gasteiger charge is -2.13. The first-order chi connectivity index (χ1) is 18.7. The summed E-state index contributed by atoms with van der Waals surface area (Å²) in [6.45, 7) is 1.29. The molecule has 1 heterocycles. The van der Waals surface area contributed by atoms with Crippen LogP contribution in [0, 0.1) is 6.92 Å². The molecule has 0 aromatic heterocycles. The third kappa shape index (κ3) is 7.40. The molecule has 0 radical (unpaired) electrons.